The average molecular weight is 440 g/mol. The van der Waals surface area contributed by atoms with Crippen LogP contribution in [0, 0.1) is 0 Å². The van der Waals surface area contributed by atoms with Crippen LogP contribution in [0.15, 0.2) is 77.6 Å². The van der Waals surface area contributed by atoms with Crippen molar-refractivity contribution in [3.05, 3.63) is 93.2 Å². The van der Waals surface area contributed by atoms with Crippen LogP contribution < -0.4 is 10.9 Å². The Morgan fingerprint density at radius 3 is 2.47 bits per heavy atom. The molecule has 4 aromatic rings. The highest BCUT2D eigenvalue weighted by molar-refractivity contribution is 6.42. The molecule has 1 unspecified atom stereocenters. The van der Waals surface area contributed by atoms with E-state index in [1.807, 2.05) is 42.5 Å². The molecule has 0 saturated carbocycles. The van der Waals surface area contributed by atoms with Crippen LogP contribution in [0.4, 0.5) is 5.69 Å². The lowest BCUT2D eigenvalue weighted by molar-refractivity contribution is 0.165. The van der Waals surface area contributed by atoms with Gasteiger partial charge in [-0.2, -0.15) is 0 Å². The fraction of sp³-hybridized carbons (Fsp3) is 0.130. The zero-order valence-electron chi connectivity index (χ0n) is 15.9. The summed E-state index contributed by atoms with van der Waals surface area (Å²) in [4.78, 5) is 17.9. The Hall–Kier alpha value is -2.86. The Bertz CT molecular complexity index is 1240. The van der Waals surface area contributed by atoms with Gasteiger partial charge in [0, 0.05) is 17.8 Å². The first-order valence-electron chi connectivity index (χ1n) is 9.45. The topological polar surface area (TPSA) is 67.2 Å². The summed E-state index contributed by atoms with van der Waals surface area (Å²) in [6.45, 7) is 0.320. The van der Waals surface area contributed by atoms with E-state index < -0.39 is 6.10 Å². The molecule has 1 heterocycles. The van der Waals surface area contributed by atoms with Gasteiger partial charge in [0.1, 0.15) is 5.82 Å². The minimum atomic E-state index is -0.831. The van der Waals surface area contributed by atoms with Gasteiger partial charge in [-0.15, -0.1) is 0 Å². The van der Waals surface area contributed by atoms with E-state index in [1.165, 1.54) is 4.57 Å². The average Bonchev–Trinajstić information content (AvgIpc) is 2.77. The monoisotopic (exact) mass is 439 g/mol. The molecule has 4 rings (SSSR count). The van der Waals surface area contributed by atoms with Crippen LogP contribution >= 0.6 is 23.2 Å². The number of aromatic nitrogens is 2. The quantitative estimate of drug-likeness (QED) is 0.450. The summed E-state index contributed by atoms with van der Waals surface area (Å²) in [5, 5.41) is 15.2. The van der Waals surface area contributed by atoms with Gasteiger partial charge in [-0.3, -0.25) is 9.36 Å². The number of nitrogens with one attached hydrogen (secondary N) is 1. The number of anilines is 1. The molecule has 1 aromatic heterocycles. The lowest BCUT2D eigenvalue weighted by Gasteiger charge is -2.18. The maximum atomic E-state index is 13.2. The number of hydrogen-bond acceptors (Lipinski definition) is 4. The molecule has 0 amide bonds. The zero-order chi connectivity index (χ0) is 21.1. The van der Waals surface area contributed by atoms with Crippen molar-refractivity contribution < 1.29 is 5.11 Å². The number of fused-ring (bicyclic) bond motifs is 1. The summed E-state index contributed by atoms with van der Waals surface area (Å²) in [7, 11) is 0. The number of benzene rings is 3. The third-order valence-corrected chi connectivity index (χ3v) is 5.49. The molecule has 0 bridgehead atoms. The maximum Gasteiger partial charge on any atom is 0.261 e. The first-order valence-corrected chi connectivity index (χ1v) is 10.2. The Morgan fingerprint density at radius 2 is 1.70 bits per heavy atom. The molecule has 1 atom stereocenters. The van der Waals surface area contributed by atoms with Gasteiger partial charge in [0.05, 0.1) is 33.6 Å². The van der Waals surface area contributed by atoms with Gasteiger partial charge in [-0.05, 0) is 30.3 Å². The largest absolute Gasteiger partial charge is 0.389 e. The Balaban J connectivity index is 1.64. The van der Waals surface area contributed by atoms with E-state index in [-0.39, 0.29) is 18.6 Å². The highest BCUT2D eigenvalue weighted by Crippen LogP contribution is 2.25. The minimum absolute atomic E-state index is 0.0925. The fourth-order valence-electron chi connectivity index (χ4n) is 3.26. The van der Waals surface area contributed by atoms with Crippen LogP contribution in [0.1, 0.15) is 0 Å². The standard InChI is InChI=1S/C23H19Cl2N3O2/c24-19-11-10-16(12-20(19)25)26-13-17(29)14-28-22(15-6-2-1-3-7-15)27-21-9-5-4-8-18(21)23(28)30/h1-12,17,26,29H,13-14H2. The number of aliphatic hydroxyl groups excluding tert-OH is 1. The number of hydrogen-bond donors (Lipinski definition) is 2. The van der Waals surface area contributed by atoms with Crippen LogP contribution in [0.3, 0.4) is 0 Å². The van der Waals surface area contributed by atoms with Crippen molar-refractivity contribution in [2.45, 2.75) is 12.6 Å². The van der Waals surface area contributed by atoms with Crippen molar-refractivity contribution in [3.63, 3.8) is 0 Å². The smallest absolute Gasteiger partial charge is 0.261 e. The Kier molecular flexibility index (Phi) is 6.04. The molecular formula is C23H19Cl2N3O2. The van der Waals surface area contributed by atoms with Crippen LogP contribution in [0.2, 0.25) is 10.0 Å². The molecule has 0 aliphatic carbocycles. The van der Waals surface area contributed by atoms with E-state index in [9.17, 15) is 9.90 Å². The summed E-state index contributed by atoms with van der Waals surface area (Å²) in [5.74, 6) is 0.521. The first kappa shape index (κ1) is 20.4. The van der Waals surface area contributed by atoms with Gasteiger partial charge >= 0.3 is 0 Å². The van der Waals surface area contributed by atoms with Crippen molar-refractivity contribution >= 4 is 39.8 Å². The Labute approximate surface area is 183 Å². The fourth-order valence-corrected chi connectivity index (χ4v) is 3.56. The van der Waals surface area contributed by atoms with Crippen molar-refractivity contribution in [3.8, 4) is 11.4 Å². The third-order valence-electron chi connectivity index (χ3n) is 4.75. The second-order valence-corrected chi connectivity index (χ2v) is 7.71. The highest BCUT2D eigenvalue weighted by Gasteiger charge is 2.16. The molecular weight excluding hydrogens is 421 g/mol. The molecule has 152 valence electrons. The molecule has 0 spiro atoms. The van der Waals surface area contributed by atoms with Crippen molar-refractivity contribution in [2.24, 2.45) is 0 Å². The summed E-state index contributed by atoms with van der Waals surface area (Å²) in [5.41, 5.74) is 1.98. The van der Waals surface area contributed by atoms with Gasteiger partial charge < -0.3 is 10.4 Å². The van der Waals surface area contributed by atoms with Crippen molar-refractivity contribution in [1.82, 2.24) is 9.55 Å². The van der Waals surface area contributed by atoms with E-state index in [0.717, 1.165) is 11.3 Å². The van der Waals surface area contributed by atoms with E-state index in [1.54, 1.807) is 30.3 Å². The maximum absolute atomic E-state index is 13.2. The van der Waals surface area contributed by atoms with Crippen LogP contribution in [-0.4, -0.2) is 27.3 Å². The SMILES string of the molecule is O=c1c2ccccc2nc(-c2ccccc2)n1CC(O)CNc1ccc(Cl)c(Cl)c1. The number of rotatable bonds is 6. The van der Waals surface area contributed by atoms with Crippen molar-refractivity contribution in [1.29, 1.82) is 0 Å². The molecule has 0 aliphatic rings. The molecule has 7 heteroatoms. The summed E-state index contributed by atoms with van der Waals surface area (Å²) in [6, 6.07) is 21.9. The molecule has 5 nitrogen and oxygen atoms in total. The van der Waals surface area contributed by atoms with Gasteiger partial charge in [-0.25, -0.2) is 4.98 Å². The van der Waals surface area contributed by atoms with E-state index >= 15 is 0 Å². The minimum Gasteiger partial charge on any atom is -0.389 e. The molecule has 0 radical (unpaired) electrons. The molecule has 0 fully saturated rings. The molecule has 2 N–H and O–H groups in total. The van der Waals surface area contributed by atoms with Gasteiger partial charge in [0.2, 0.25) is 0 Å². The summed E-state index contributed by atoms with van der Waals surface area (Å²) >= 11 is 12.0. The lowest BCUT2D eigenvalue weighted by atomic mass is 10.1. The van der Waals surface area contributed by atoms with E-state index in [2.05, 4.69) is 5.32 Å². The lowest BCUT2D eigenvalue weighted by Crippen LogP contribution is -2.32. The predicted octanol–water partition coefficient (Wildman–Crippen LogP) is 4.84. The van der Waals surface area contributed by atoms with Crippen LogP contribution in [0.5, 0.6) is 0 Å². The van der Waals surface area contributed by atoms with Gasteiger partial charge in [0.15, 0.2) is 0 Å². The number of halogens is 2. The zero-order valence-corrected chi connectivity index (χ0v) is 17.4. The predicted molar refractivity (Wildman–Crippen MR) is 122 cm³/mol. The summed E-state index contributed by atoms with van der Waals surface area (Å²) < 4.78 is 1.53. The van der Waals surface area contributed by atoms with E-state index in [4.69, 9.17) is 28.2 Å². The molecule has 3 aromatic carbocycles. The van der Waals surface area contributed by atoms with Gasteiger partial charge in [-0.1, -0.05) is 65.7 Å². The van der Waals surface area contributed by atoms with Crippen molar-refractivity contribution in [2.75, 3.05) is 11.9 Å². The van der Waals surface area contributed by atoms with E-state index in [0.29, 0.717) is 26.8 Å². The highest BCUT2D eigenvalue weighted by atomic mass is 35.5. The van der Waals surface area contributed by atoms with Crippen LogP contribution in [-0.2, 0) is 6.54 Å². The number of para-hydroxylation sites is 1. The molecule has 0 saturated heterocycles. The van der Waals surface area contributed by atoms with Crippen LogP contribution in [0.25, 0.3) is 22.3 Å². The molecule has 0 aliphatic heterocycles. The normalized spacial score (nSPS) is 12.1. The molecule has 30 heavy (non-hydrogen) atoms. The third kappa shape index (κ3) is 4.33. The summed E-state index contributed by atoms with van der Waals surface area (Å²) in [6.07, 6.45) is -0.831. The Morgan fingerprint density at radius 1 is 0.967 bits per heavy atom. The second kappa shape index (κ2) is 8.88. The first-order chi connectivity index (χ1) is 14.5. The second-order valence-electron chi connectivity index (χ2n) is 6.90. The number of aliphatic hydroxyl groups is 1. The number of nitrogens with zero attached hydrogens (tertiary/aromatic N) is 2. The van der Waals surface area contributed by atoms with Gasteiger partial charge in [0.25, 0.3) is 5.56 Å².